The Labute approximate surface area is 149 Å². The number of ether oxygens (including phenoxy) is 1. The lowest BCUT2D eigenvalue weighted by Crippen LogP contribution is -2.04. The second kappa shape index (κ2) is 8.04. The Morgan fingerprint density at radius 2 is 2.00 bits per heavy atom. The molecule has 0 fully saturated rings. The van der Waals surface area contributed by atoms with E-state index in [1.807, 2.05) is 0 Å². The second-order valence-electron chi connectivity index (χ2n) is 5.79. The largest absolute Gasteiger partial charge is 0.463 e. The molecule has 1 aromatic heterocycles. The smallest absolute Gasteiger partial charge is 0.416 e. The highest BCUT2D eigenvalue weighted by atomic mass is 32.1. The van der Waals surface area contributed by atoms with Gasteiger partial charge < -0.3 is 4.74 Å². The number of esters is 1. The fourth-order valence-corrected chi connectivity index (χ4v) is 3.88. The third kappa shape index (κ3) is 4.63. The van der Waals surface area contributed by atoms with E-state index < -0.39 is 17.7 Å². The lowest BCUT2D eigenvalue weighted by molar-refractivity contribution is -0.138. The van der Waals surface area contributed by atoms with Gasteiger partial charge in [0.25, 0.3) is 0 Å². The van der Waals surface area contributed by atoms with Crippen LogP contribution < -0.4 is 0 Å². The van der Waals surface area contributed by atoms with Gasteiger partial charge in [-0.1, -0.05) is 13.3 Å². The molecule has 25 heavy (non-hydrogen) atoms. The predicted molar refractivity (Wildman–Crippen MR) is 95.7 cm³/mol. The summed E-state index contributed by atoms with van der Waals surface area (Å²) in [7, 11) is 0. The molecule has 0 radical (unpaired) electrons. The molecule has 0 aliphatic carbocycles. The lowest BCUT2D eigenvalue weighted by Gasteiger charge is -2.07. The van der Waals surface area contributed by atoms with Crippen LogP contribution in [-0.4, -0.2) is 12.6 Å². The Morgan fingerprint density at radius 1 is 1.28 bits per heavy atom. The normalized spacial score (nSPS) is 12.6. The maximum Gasteiger partial charge on any atom is 0.416 e. The minimum absolute atomic E-state index is 0.288. The van der Waals surface area contributed by atoms with Crippen molar-refractivity contribution in [3.63, 3.8) is 0 Å². The van der Waals surface area contributed by atoms with E-state index in [4.69, 9.17) is 4.74 Å². The lowest BCUT2D eigenvalue weighted by atomic mass is 10.0. The van der Waals surface area contributed by atoms with Gasteiger partial charge in [0.1, 0.15) is 0 Å². The van der Waals surface area contributed by atoms with Crippen LogP contribution in [0, 0.1) is 6.92 Å². The highest BCUT2D eigenvalue weighted by Crippen LogP contribution is 2.40. The van der Waals surface area contributed by atoms with E-state index in [9.17, 15) is 18.0 Å². The number of alkyl halides is 3. The van der Waals surface area contributed by atoms with Gasteiger partial charge in [0.15, 0.2) is 0 Å². The summed E-state index contributed by atoms with van der Waals surface area (Å²) in [5.41, 5.74) is 0.947. The number of benzene rings is 1. The van der Waals surface area contributed by atoms with E-state index in [0.29, 0.717) is 11.8 Å². The molecule has 0 spiro atoms. The first kappa shape index (κ1) is 19.5. The van der Waals surface area contributed by atoms with Gasteiger partial charge in [0.05, 0.1) is 12.2 Å². The van der Waals surface area contributed by atoms with Crippen molar-refractivity contribution < 1.29 is 22.7 Å². The Hall–Kier alpha value is -1.82. The zero-order chi connectivity index (χ0) is 18.6. The van der Waals surface area contributed by atoms with Gasteiger partial charge in [-0.3, -0.25) is 0 Å². The van der Waals surface area contributed by atoms with Crippen LogP contribution in [0.25, 0.3) is 15.7 Å². The molecule has 0 unspecified atom stereocenters. The van der Waals surface area contributed by atoms with E-state index in [-0.39, 0.29) is 6.61 Å². The van der Waals surface area contributed by atoms with Crippen LogP contribution in [-0.2, 0) is 15.7 Å². The predicted octanol–water partition coefficient (Wildman–Crippen LogP) is 6.37. The van der Waals surface area contributed by atoms with Gasteiger partial charge >= 0.3 is 12.1 Å². The third-order valence-electron chi connectivity index (χ3n) is 3.93. The first-order valence-corrected chi connectivity index (χ1v) is 9.07. The summed E-state index contributed by atoms with van der Waals surface area (Å²) in [5.74, 6) is -0.415. The molecule has 2 nitrogen and oxygen atoms in total. The Morgan fingerprint density at radius 3 is 2.60 bits per heavy atom. The number of carbonyl (C=O) groups is 1. The Bertz CT molecular complexity index is 788. The molecule has 2 aromatic rings. The molecule has 0 N–H and O–H groups in total. The van der Waals surface area contributed by atoms with Crippen LogP contribution in [0.5, 0.6) is 0 Å². The van der Waals surface area contributed by atoms with E-state index in [0.717, 1.165) is 39.6 Å². The number of rotatable bonds is 6. The zero-order valence-electron chi connectivity index (χ0n) is 14.5. The molecular weight excluding hydrogens is 349 g/mol. The van der Waals surface area contributed by atoms with Crippen LogP contribution in [0.1, 0.15) is 49.1 Å². The highest BCUT2D eigenvalue weighted by Gasteiger charge is 2.31. The van der Waals surface area contributed by atoms with Gasteiger partial charge in [-0.05, 0) is 61.4 Å². The molecule has 0 amide bonds. The maximum absolute atomic E-state index is 13.0. The number of thiophene rings is 1. The summed E-state index contributed by atoms with van der Waals surface area (Å²) in [5, 5.41) is 0.584. The van der Waals surface area contributed by atoms with Crippen LogP contribution in [0.4, 0.5) is 13.2 Å². The molecule has 1 aromatic carbocycles. The van der Waals surface area contributed by atoms with Crippen LogP contribution in [0.3, 0.4) is 0 Å². The summed E-state index contributed by atoms with van der Waals surface area (Å²) in [6.07, 6.45) is -0.347. The highest BCUT2D eigenvalue weighted by molar-refractivity contribution is 7.20. The number of hydrogen-bond donors (Lipinski definition) is 0. The summed E-state index contributed by atoms with van der Waals surface area (Å²) in [6, 6.07) is 3.79. The second-order valence-corrected chi connectivity index (χ2v) is 6.84. The quantitative estimate of drug-likeness (QED) is 0.436. The molecule has 0 atom stereocenters. The molecular formula is C19H21F3O2S. The molecule has 0 saturated carbocycles. The van der Waals surface area contributed by atoms with Crippen molar-refractivity contribution >= 4 is 33.0 Å². The van der Waals surface area contributed by atoms with E-state index in [1.54, 1.807) is 13.8 Å². The van der Waals surface area contributed by atoms with Gasteiger partial charge in [-0.25, -0.2) is 4.79 Å². The summed E-state index contributed by atoms with van der Waals surface area (Å²) in [6.45, 7) is 5.88. The van der Waals surface area contributed by atoms with E-state index in [2.05, 4.69) is 6.92 Å². The number of carbonyl (C=O) groups excluding carboxylic acids is 1. The molecule has 2 rings (SSSR count). The fraction of sp³-hybridized carbons (Fsp3) is 0.421. The monoisotopic (exact) mass is 370 g/mol. The van der Waals surface area contributed by atoms with E-state index >= 15 is 0 Å². The van der Waals surface area contributed by atoms with Crippen molar-refractivity contribution in [2.45, 2.75) is 46.2 Å². The Kier molecular flexibility index (Phi) is 6.27. The maximum atomic E-state index is 13.0. The summed E-state index contributed by atoms with van der Waals surface area (Å²) >= 11 is 1.42. The molecule has 1 heterocycles. The van der Waals surface area contributed by atoms with Gasteiger partial charge in [-0.2, -0.15) is 13.2 Å². The van der Waals surface area contributed by atoms with Crippen molar-refractivity contribution in [3.05, 3.63) is 40.3 Å². The van der Waals surface area contributed by atoms with Crippen molar-refractivity contribution in [1.82, 2.24) is 0 Å². The summed E-state index contributed by atoms with van der Waals surface area (Å²) < 4.78 is 44.7. The van der Waals surface area contributed by atoms with Crippen molar-refractivity contribution in [1.29, 1.82) is 0 Å². The number of halogens is 3. The Balaban J connectivity index is 2.52. The minimum atomic E-state index is -4.37. The number of hydrogen-bond acceptors (Lipinski definition) is 3. The number of allylic oxidation sites excluding steroid dienone is 1. The SMILES string of the molecule is CCCCC(=CC(=O)OCC)c1sc2ccc(C(F)(F)F)cc2c1C. The number of unbranched alkanes of at least 4 members (excludes halogenated alkanes) is 1. The van der Waals surface area contributed by atoms with Crippen molar-refractivity contribution in [2.75, 3.05) is 6.61 Å². The average Bonchev–Trinajstić information content (AvgIpc) is 2.87. The zero-order valence-corrected chi connectivity index (χ0v) is 15.3. The molecule has 0 aliphatic rings. The van der Waals surface area contributed by atoms with Crippen LogP contribution >= 0.6 is 11.3 Å². The van der Waals surface area contributed by atoms with Crippen molar-refractivity contribution in [2.24, 2.45) is 0 Å². The number of aryl methyl sites for hydroxylation is 1. The van der Waals surface area contributed by atoms with Gasteiger partial charge in [0.2, 0.25) is 0 Å². The first-order chi connectivity index (χ1) is 11.8. The van der Waals surface area contributed by atoms with Gasteiger partial charge in [-0.15, -0.1) is 11.3 Å². The molecule has 0 saturated heterocycles. The summed E-state index contributed by atoms with van der Waals surface area (Å²) in [4.78, 5) is 12.7. The standard InChI is InChI=1S/C19H21F3O2S/c1-4-6-7-13(10-17(23)24-5-2)18-12(3)15-11-14(19(20,21)22)8-9-16(15)25-18/h8-11H,4-7H2,1-3H3. The minimum Gasteiger partial charge on any atom is -0.463 e. The average molecular weight is 370 g/mol. The van der Waals surface area contributed by atoms with E-state index in [1.165, 1.54) is 29.5 Å². The van der Waals surface area contributed by atoms with Crippen LogP contribution in [0.2, 0.25) is 0 Å². The molecule has 136 valence electrons. The van der Waals surface area contributed by atoms with Crippen LogP contribution in [0.15, 0.2) is 24.3 Å². The molecule has 6 heteroatoms. The third-order valence-corrected chi connectivity index (χ3v) is 5.28. The molecule has 0 aliphatic heterocycles. The molecule has 0 bridgehead atoms. The van der Waals surface area contributed by atoms with Crippen molar-refractivity contribution in [3.8, 4) is 0 Å². The van der Waals surface area contributed by atoms with Gasteiger partial charge in [0, 0.05) is 15.7 Å². The fourth-order valence-electron chi connectivity index (χ4n) is 2.65. The first-order valence-electron chi connectivity index (χ1n) is 8.26. The number of fused-ring (bicyclic) bond motifs is 1. The topological polar surface area (TPSA) is 26.3 Å².